The van der Waals surface area contributed by atoms with Gasteiger partial charge in [0.15, 0.2) is 0 Å². The van der Waals surface area contributed by atoms with Crippen molar-refractivity contribution in [3.8, 4) is 11.5 Å². The lowest BCUT2D eigenvalue weighted by molar-refractivity contribution is 0.177. The molecule has 1 aromatic heterocycles. The Hall–Kier alpha value is -1.52. The van der Waals surface area contributed by atoms with Crippen molar-refractivity contribution in [3.05, 3.63) is 46.2 Å². The van der Waals surface area contributed by atoms with E-state index >= 15 is 0 Å². The fraction of sp³-hybridized carbons (Fsp3) is 0.286. The fourth-order valence-corrected chi connectivity index (χ4v) is 2.74. The molecule has 1 heterocycles. The van der Waals surface area contributed by atoms with Crippen LogP contribution in [0.5, 0.6) is 11.5 Å². The lowest BCUT2D eigenvalue weighted by Gasteiger charge is -2.13. The molecule has 1 atom stereocenters. The summed E-state index contributed by atoms with van der Waals surface area (Å²) >= 11 is 1.50. The monoisotopic (exact) mass is 264 g/mol. The third-order valence-electron chi connectivity index (χ3n) is 2.79. The number of para-hydroxylation sites is 1. The SMILES string of the molecule is COc1ccccc1CC(O)c1sccc1OC. The summed E-state index contributed by atoms with van der Waals surface area (Å²) in [4.78, 5) is 0.850. The highest BCUT2D eigenvalue weighted by atomic mass is 32.1. The summed E-state index contributed by atoms with van der Waals surface area (Å²) in [6.07, 6.45) is -0.0581. The molecule has 18 heavy (non-hydrogen) atoms. The Morgan fingerprint density at radius 3 is 2.56 bits per heavy atom. The fourth-order valence-electron chi connectivity index (χ4n) is 1.89. The topological polar surface area (TPSA) is 38.7 Å². The van der Waals surface area contributed by atoms with Crippen LogP contribution < -0.4 is 9.47 Å². The van der Waals surface area contributed by atoms with E-state index in [2.05, 4.69) is 0 Å². The van der Waals surface area contributed by atoms with Gasteiger partial charge in [-0.2, -0.15) is 0 Å². The number of rotatable bonds is 5. The van der Waals surface area contributed by atoms with Crippen molar-refractivity contribution in [2.45, 2.75) is 12.5 Å². The van der Waals surface area contributed by atoms with Gasteiger partial charge in [0.05, 0.1) is 25.2 Å². The quantitative estimate of drug-likeness (QED) is 0.902. The molecule has 0 saturated heterocycles. The Bertz CT molecular complexity index is 507. The Morgan fingerprint density at radius 1 is 1.11 bits per heavy atom. The number of thiophene rings is 1. The second kappa shape index (κ2) is 5.89. The van der Waals surface area contributed by atoms with Crippen LogP contribution in [0.25, 0.3) is 0 Å². The van der Waals surface area contributed by atoms with E-state index in [0.29, 0.717) is 6.42 Å². The van der Waals surface area contributed by atoms with Crippen LogP contribution in [-0.4, -0.2) is 19.3 Å². The van der Waals surface area contributed by atoms with Gasteiger partial charge in [-0.15, -0.1) is 11.3 Å². The van der Waals surface area contributed by atoms with Gasteiger partial charge in [-0.25, -0.2) is 0 Å². The standard InChI is InChI=1S/C14H16O3S/c1-16-12-6-4-3-5-10(12)9-11(15)14-13(17-2)7-8-18-14/h3-8,11,15H,9H2,1-2H3. The molecule has 2 aromatic rings. The predicted molar refractivity (Wildman–Crippen MR) is 72.5 cm³/mol. The third kappa shape index (κ3) is 2.66. The average molecular weight is 264 g/mol. The molecule has 0 saturated carbocycles. The van der Waals surface area contributed by atoms with Gasteiger partial charge in [0.1, 0.15) is 11.5 Å². The molecule has 3 nitrogen and oxygen atoms in total. The second-order valence-corrected chi connectivity index (χ2v) is 4.83. The number of hydrogen-bond acceptors (Lipinski definition) is 4. The van der Waals surface area contributed by atoms with Gasteiger partial charge >= 0.3 is 0 Å². The van der Waals surface area contributed by atoms with Gasteiger partial charge in [0, 0.05) is 6.42 Å². The van der Waals surface area contributed by atoms with Crippen LogP contribution in [0.3, 0.4) is 0 Å². The molecule has 0 amide bonds. The molecule has 0 aliphatic rings. The first kappa shape index (κ1) is 12.9. The van der Waals surface area contributed by atoms with E-state index in [1.807, 2.05) is 35.7 Å². The van der Waals surface area contributed by atoms with Crippen molar-refractivity contribution in [2.75, 3.05) is 14.2 Å². The zero-order valence-corrected chi connectivity index (χ0v) is 11.2. The Morgan fingerprint density at radius 2 is 1.83 bits per heavy atom. The van der Waals surface area contributed by atoms with E-state index in [1.54, 1.807) is 14.2 Å². The minimum absolute atomic E-state index is 0.515. The first-order valence-electron chi connectivity index (χ1n) is 5.67. The van der Waals surface area contributed by atoms with E-state index in [1.165, 1.54) is 11.3 Å². The van der Waals surface area contributed by atoms with Gasteiger partial charge < -0.3 is 14.6 Å². The summed E-state index contributed by atoms with van der Waals surface area (Å²) in [6, 6.07) is 9.58. The molecule has 1 unspecified atom stereocenters. The molecular formula is C14H16O3S. The van der Waals surface area contributed by atoms with E-state index in [0.717, 1.165) is 21.9 Å². The molecule has 4 heteroatoms. The highest BCUT2D eigenvalue weighted by Crippen LogP contribution is 2.34. The van der Waals surface area contributed by atoms with Crippen LogP contribution in [0.4, 0.5) is 0 Å². The summed E-state index contributed by atoms with van der Waals surface area (Å²) in [7, 11) is 3.25. The maximum atomic E-state index is 10.3. The minimum Gasteiger partial charge on any atom is -0.496 e. The summed E-state index contributed by atoms with van der Waals surface area (Å²) < 4.78 is 10.5. The summed E-state index contributed by atoms with van der Waals surface area (Å²) in [5.41, 5.74) is 0.989. The number of benzene rings is 1. The van der Waals surface area contributed by atoms with E-state index in [9.17, 15) is 5.11 Å². The maximum Gasteiger partial charge on any atom is 0.135 e. The van der Waals surface area contributed by atoms with Gasteiger partial charge in [0.2, 0.25) is 0 Å². The molecule has 1 N–H and O–H groups in total. The van der Waals surface area contributed by atoms with Crippen molar-refractivity contribution >= 4 is 11.3 Å². The zero-order valence-electron chi connectivity index (χ0n) is 10.4. The average Bonchev–Trinajstić information content (AvgIpc) is 2.87. The number of ether oxygens (including phenoxy) is 2. The normalized spacial score (nSPS) is 12.2. The molecule has 0 aliphatic heterocycles. The first-order chi connectivity index (χ1) is 8.76. The highest BCUT2D eigenvalue weighted by molar-refractivity contribution is 7.10. The molecule has 0 fully saturated rings. The molecule has 96 valence electrons. The van der Waals surface area contributed by atoms with E-state index in [4.69, 9.17) is 9.47 Å². The smallest absolute Gasteiger partial charge is 0.135 e. The predicted octanol–water partition coefficient (Wildman–Crippen LogP) is 3.04. The van der Waals surface area contributed by atoms with Crippen LogP contribution >= 0.6 is 11.3 Å². The molecule has 0 radical (unpaired) electrons. The Balaban J connectivity index is 2.18. The van der Waals surface area contributed by atoms with Crippen LogP contribution in [0.2, 0.25) is 0 Å². The maximum absolute atomic E-state index is 10.3. The number of aliphatic hydroxyl groups excluding tert-OH is 1. The Labute approximate surface area is 111 Å². The number of hydrogen-bond donors (Lipinski definition) is 1. The molecular weight excluding hydrogens is 248 g/mol. The van der Waals surface area contributed by atoms with Crippen LogP contribution in [0.15, 0.2) is 35.7 Å². The number of methoxy groups -OCH3 is 2. The van der Waals surface area contributed by atoms with Crippen molar-refractivity contribution in [2.24, 2.45) is 0 Å². The Kier molecular flexibility index (Phi) is 4.23. The second-order valence-electron chi connectivity index (χ2n) is 3.88. The molecule has 0 aliphatic carbocycles. The van der Waals surface area contributed by atoms with E-state index in [-0.39, 0.29) is 0 Å². The van der Waals surface area contributed by atoms with Crippen LogP contribution in [0.1, 0.15) is 16.5 Å². The van der Waals surface area contributed by atoms with Crippen LogP contribution in [-0.2, 0) is 6.42 Å². The van der Waals surface area contributed by atoms with Crippen molar-refractivity contribution in [1.82, 2.24) is 0 Å². The summed E-state index contributed by atoms with van der Waals surface area (Å²) in [5, 5.41) is 12.2. The minimum atomic E-state index is -0.573. The van der Waals surface area contributed by atoms with Gasteiger partial charge in [-0.1, -0.05) is 18.2 Å². The molecule has 0 bridgehead atoms. The highest BCUT2D eigenvalue weighted by Gasteiger charge is 2.17. The van der Waals surface area contributed by atoms with Gasteiger partial charge in [-0.05, 0) is 23.1 Å². The lowest BCUT2D eigenvalue weighted by atomic mass is 10.1. The lowest BCUT2D eigenvalue weighted by Crippen LogP contribution is -2.03. The molecule has 1 aromatic carbocycles. The van der Waals surface area contributed by atoms with Crippen molar-refractivity contribution in [1.29, 1.82) is 0 Å². The summed E-state index contributed by atoms with van der Waals surface area (Å²) in [5.74, 6) is 1.54. The van der Waals surface area contributed by atoms with Gasteiger partial charge in [0.25, 0.3) is 0 Å². The summed E-state index contributed by atoms with van der Waals surface area (Å²) in [6.45, 7) is 0. The largest absolute Gasteiger partial charge is 0.496 e. The number of aliphatic hydroxyl groups is 1. The van der Waals surface area contributed by atoms with E-state index < -0.39 is 6.10 Å². The van der Waals surface area contributed by atoms with Crippen molar-refractivity contribution < 1.29 is 14.6 Å². The third-order valence-corrected chi connectivity index (χ3v) is 3.78. The van der Waals surface area contributed by atoms with Gasteiger partial charge in [-0.3, -0.25) is 0 Å². The molecule has 0 spiro atoms. The zero-order chi connectivity index (χ0) is 13.0. The molecule has 2 rings (SSSR count). The van der Waals surface area contributed by atoms with Crippen molar-refractivity contribution in [3.63, 3.8) is 0 Å². The van der Waals surface area contributed by atoms with Crippen LogP contribution in [0, 0.1) is 0 Å². The first-order valence-corrected chi connectivity index (χ1v) is 6.55.